The zero-order chi connectivity index (χ0) is 18.4. The Hall–Kier alpha value is -1.65. The lowest BCUT2D eigenvalue weighted by Crippen LogP contribution is -2.70. The van der Waals surface area contributed by atoms with Gasteiger partial charge in [-0.15, -0.1) is 11.3 Å². The number of thiophene rings is 1. The van der Waals surface area contributed by atoms with E-state index in [4.69, 9.17) is 4.74 Å². The van der Waals surface area contributed by atoms with E-state index in [1.807, 2.05) is 17.4 Å². The summed E-state index contributed by atoms with van der Waals surface area (Å²) in [6, 6.07) is 13.0. The van der Waals surface area contributed by atoms with E-state index in [1.54, 1.807) is 0 Å². The van der Waals surface area contributed by atoms with Gasteiger partial charge in [-0.1, -0.05) is 37.3 Å². The first-order valence-corrected chi connectivity index (χ1v) is 11.1. The smallest absolute Gasteiger partial charge is 0.311 e. The van der Waals surface area contributed by atoms with Crippen LogP contribution < -0.4 is 0 Å². The minimum atomic E-state index is -0.466. The summed E-state index contributed by atoms with van der Waals surface area (Å²) >= 11 is 1.88. The van der Waals surface area contributed by atoms with E-state index < -0.39 is 5.60 Å². The van der Waals surface area contributed by atoms with Crippen LogP contribution in [0.15, 0.2) is 36.4 Å². The van der Waals surface area contributed by atoms with Crippen LogP contribution in [-0.2, 0) is 34.4 Å². The largest absolute Gasteiger partial charge is 0.451 e. The van der Waals surface area contributed by atoms with Crippen molar-refractivity contribution in [2.75, 3.05) is 13.1 Å². The lowest BCUT2D eigenvalue weighted by Gasteiger charge is -2.59. The van der Waals surface area contributed by atoms with Crippen LogP contribution in [0.5, 0.6) is 0 Å². The molecular formula is C23H27NO2S. The molecule has 2 aromatic rings. The molecule has 0 spiro atoms. The van der Waals surface area contributed by atoms with Gasteiger partial charge in [-0.05, 0) is 61.8 Å². The summed E-state index contributed by atoms with van der Waals surface area (Å²) < 4.78 is 6.33. The lowest BCUT2D eigenvalue weighted by atomic mass is 9.71. The maximum Gasteiger partial charge on any atom is 0.311 e. The molecular weight excluding hydrogens is 354 g/mol. The minimum absolute atomic E-state index is 0.0655. The van der Waals surface area contributed by atoms with E-state index in [-0.39, 0.29) is 5.97 Å². The number of nitrogens with zero attached hydrogens (tertiary/aromatic N) is 1. The molecule has 3 nitrogen and oxygen atoms in total. The van der Waals surface area contributed by atoms with Crippen molar-refractivity contribution < 1.29 is 9.53 Å². The van der Waals surface area contributed by atoms with Gasteiger partial charge in [0.25, 0.3) is 0 Å². The zero-order valence-electron chi connectivity index (χ0n) is 15.9. The Morgan fingerprint density at radius 2 is 2.15 bits per heavy atom. The van der Waals surface area contributed by atoms with Crippen LogP contribution in [0.1, 0.15) is 47.1 Å². The fourth-order valence-corrected chi connectivity index (χ4v) is 6.43. The van der Waals surface area contributed by atoms with Crippen molar-refractivity contribution in [3.63, 3.8) is 0 Å². The van der Waals surface area contributed by atoms with Gasteiger partial charge in [-0.25, -0.2) is 0 Å². The van der Waals surface area contributed by atoms with Gasteiger partial charge >= 0.3 is 5.97 Å². The van der Waals surface area contributed by atoms with Crippen LogP contribution in [-0.4, -0.2) is 30.0 Å². The van der Waals surface area contributed by atoms with Crippen molar-refractivity contribution in [2.24, 2.45) is 5.92 Å². The molecule has 142 valence electrons. The molecule has 1 aromatic carbocycles. The Kier molecular flexibility index (Phi) is 4.36. The first-order valence-electron chi connectivity index (χ1n) is 10.3. The van der Waals surface area contributed by atoms with Crippen molar-refractivity contribution in [3.05, 3.63) is 57.3 Å². The number of carbonyl (C=O) groups is 1. The molecule has 27 heavy (non-hydrogen) atoms. The second-order valence-corrected chi connectivity index (χ2v) is 9.76. The molecule has 1 aromatic heterocycles. The Morgan fingerprint density at radius 3 is 2.96 bits per heavy atom. The van der Waals surface area contributed by atoms with Gasteiger partial charge in [0, 0.05) is 16.3 Å². The lowest BCUT2D eigenvalue weighted by molar-refractivity contribution is -0.214. The summed E-state index contributed by atoms with van der Waals surface area (Å²) in [6.07, 6.45) is 6.27. The van der Waals surface area contributed by atoms with Gasteiger partial charge in [-0.3, -0.25) is 9.69 Å². The molecule has 4 heteroatoms. The Balaban J connectivity index is 1.39. The van der Waals surface area contributed by atoms with Gasteiger partial charge in [0.05, 0.1) is 12.5 Å². The predicted molar refractivity (Wildman–Crippen MR) is 108 cm³/mol. The molecule has 2 saturated heterocycles. The summed E-state index contributed by atoms with van der Waals surface area (Å²) in [6.45, 7) is 4.28. The monoisotopic (exact) mass is 381 g/mol. The number of rotatable bonds is 4. The summed E-state index contributed by atoms with van der Waals surface area (Å²) in [5, 5.41) is 0. The maximum absolute atomic E-state index is 13.0. The minimum Gasteiger partial charge on any atom is -0.451 e. The van der Waals surface area contributed by atoms with Crippen molar-refractivity contribution in [2.45, 2.75) is 57.1 Å². The van der Waals surface area contributed by atoms with Crippen LogP contribution in [0.2, 0.25) is 0 Å². The summed E-state index contributed by atoms with van der Waals surface area (Å²) in [4.78, 5) is 18.3. The Labute approximate surface area is 165 Å². The second-order valence-electron chi connectivity index (χ2n) is 8.54. The number of hydrogen-bond donors (Lipinski definition) is 0. The van der Waals surface area contributed by atoms with Crippen LogP contribution >= 0.6 is 11.3 Å². The van der Waals surface area contributed by atoms with Crippen molar-refractivity contribution in [1.29, 1.82) is 0 Å². The number of fused-ring (bicyclic) bond motifs is 3. The third-order valence-corrected chi connectivity index (χ3v) is 7.92. The van der Waals surface area contributed by atoms with E-state index in [0.717, 1.165) is 37.9 Å². The topological polar surface area (TPSA) is 29.5 Å². The fourth-order valence-electron chi connectivity index (χ4n) is 5.15. The van der Waals surface area contributed by atoms with Gasteiger partial charge in [0.2, 0.25) is 0 Å². The standard InChI is InChI=1S/C23H27NO2S/c1-16-10-11-24-15-23(21(24)12-16,18-6-3-2-4-7-18)26-22(25)14-17-13-19-8-5-9-20(17)27-19/h2-4,6-7,13,16,21H,5,8-12,14-15H2,1H3/t16-,21+,23-/m1/s1. The average molecular weight is 382 g/mol. The predicted octanol–water partition coefficient (Wildman–Crippen LogP) is 4.33. The average Bonchev–Trinajstić information content (AvgIpc) is 2.94. The van der Waals surface area contributed by atoms with Crippen molar-refractivity contribution >= 4 is 17.3 Å². The molecule has 0 radical (unpaired) electrons. The number of esters is 1. The van der Waals surface area contributed by atoms with Crippen molar-refractivity contribution in [1.82, 2.24) is 4.90 Å². The molecule has 3 aliphatic heterocycles. The highest BCUT2D eigenvalue weighted by molar-refractivity contribution is 7.12. The molecule has 5 rings (SSSR count). The highest BCUT2D eigenvalue weighted by Gasteiger charge is 2.57. The quantitative estimate of drug-likeness (QED) is 0.738. The molecule has 0 saturated carbocycles. The van der Waals surface area contributed by atoms with Crippen molar-refractivity contribution in [3.8, 4) is 0 Å². The van der Waals surface area contributed by atoms with Crippen LogP contribution in [0, 0.1) is 5.92 Å². The molecule has 3 aliphatic rings. The molecule has 0 unspecified atom stereocenters. The van der Waals surface area contributed by atoms with E-state index in [1.165, 1.54) is 28.2 Å². The summed E-state index contributed by atoms with van der Waals surface area (Å²) in [5.41, 5.74) is 1.89. The molecule has 4 heterocycles. The molecule has 0 N–H and O–H groups in total. The van der Waals surface area contributed by atoms with E-state index in [0.29, 0.717) is 18.4 Å². The molecule has 0 amide bonds. The van der Waals surface area contributed by atoms with Gasteiger partial charge in [0.15, 0.2) is 5.60 Å². The third-order valence-electron chi connectivity index (χ3n) is 6.62. The Bertz CT molecular complexity index is 845. The molecule has 2 fully saturated rings. The normalized spacial score (nSPS) is 29.7. The third kappa shape index (κ3) is 3.03. The van der Waals surface area contributed by atoms with Gasteiger partial charge in [0.1, 0.15) is 0 Å². The van der Waals surface area contributed by atoms with E-state index >= 15 is 0 Å². The zero-order valence-corrected chi connectivity index (χ0v) is 16.8. The SMILES string of the molecule is C[C@@H]1CCN2C[C@@](OC(=O)Cc3cc4sc3CCC4)(c3ccccc3)[C@@H]2C1. The number of aryl methyl sites for hydroxylation is 2. The molecule has 3 atom stereocenters. The number of benzene rings is 1. The number of carbonyl (C=O) groups excluding carboxylic acids is 1. The number of piperidine rings is 1. The van der Waals surface area contributed by atoms with Crippen LogP contribution in [0.4, 0.5) is 0 Å². The summed E-state index contributed by atoms with van der Waals surface area (Å²) in [5.74, 6) is 0.623. The second kappa shape index (κ2) is 6.75. The highest BCUT2D eigenvalue weighted by Crippen LogP contribution is 2.47. The van der Waals surface area contributed by atoms with Gasteiger partial charge in [-0.2, -0.15) is 0 Å². The van der Waals surface area contributed by atoms with E-state index in [2.05, 4.69) is 42.2 Å². The highest BCUT2D eigenvalue weighted by atomic mass is 32.1. The van der Waals surface area contributed by atoms with Crippen LogP contribution in [0.25, 0.3) is 0 Å². The Morgan fingerprint density at radius 1 is 1.30 bits per heavy atom. The molecule has 0 aliphatic carbocycles. The first kappa shape index (κ1) is 17.4. The number of hydrogen-bond acceptors (Lipinski definition) is 4. The summed E-state index contributed by atoms with van der Waals surface area (Å²) in [7, 11) is 0. The van der Waals surface area contributed by atoms with Crippen LogP contribution in [0.3, 0.4) is 0 Å². The first-order chi connectivity index (χ1) is 13.1. The molecule has 2 bridgehead atoms. The number of ether oxygens (including phenoxy) is 1. The van der Waals surface area contributed by atoms with Gasteiger partial charge < -0.3 is 4.74 Å². The van der Waals surface area contributed by atoms with E-state index in [9.17, 15) is 4.79 Å². The fraction of sp³-hybridized carbons (Fsp3) is 0.522. The maximum atomic E-state index is 13.0.